The molecule has 10 heavy (non-hydrogen) atoms. The summed E-state index contributed by atoms with van der Waals surface area (Å²) >= 11 is 0. The highest BCUT2D eigenvalue weighted by molar-refractivity contribution is 4.65. The van der Waals surface area contributed by atoms with Crippen LogP contribution in [0.4, 0.5) is 0 Å². The van der Waals surface area contributed by atoms with Crippen LogP contribution in [0, 0.1) is 0 Å². The van der Waals surface area contributed by atoms with Crippen LogP contribution in [-0.2, 0) is 19.2 Å². The van der Waals surface area contributed by atoms with Crippen LogP contribution in [0.15, 0.2) is 0 Å². The molecule has 1 heterocycles. The Hall–Kier alpha value is -0.160. The van der Waals surface area contributed by atoms with Gasteiger partial charge in [-0.1, -0.05) is 0 Å². The lowest BCUT2D eigenvalue weighted by Gasteiger charge is -2.07. The van der Waals surface area contributed by atoms with E-state index in [0.29, 0.717) is 6.61 Å². The molecule has 0 aromatic rings. The van der Waals surface area contributed by atoms with Crippen LogP contribution >= 0.6 is 0 Å². The highest BCUT2D eigenvalue weighted by Crippen LogP contribution is 2.08. The predicted molar refractivity (Wildman–Crippen MR) is 33.2 cm³/mol. The van der Waals surface area contributed by atoms with Crippen molar-refractivity contribution in [1.29, 1.82) is 0 Å². The summed E-state index contributed by atoms with van der Waals surface area (Å²) in [6, 6.07) is 0. The number of methoxy groups -OCH3 is 1. The molecule has 1 fully saturated rings. The van der Waals surface area contributed by atoms with Gasteiger partial charge in [0.1, 0.15) is 12.7 Å². The third-order valence-electron chi connectivity index (χ3n) is 1.19. The smallest absolute Gasteiger partial charge is 0.188 e. The molecular weight excluding hydrogens is 136 g/mol. The molecule has 0 radical (unpaired) electrons. The molecule has 0 bridgehead atoms. The molecular formula is C6H12O4. The number of ether oxygens (including phenoxy) is 2. The Labute approximate surface area is 59.9 Å². The van der Waals surface area contributed by atoms with E-state index in [1.165, 1.54) is 0 Å². The van der Waals surface area contributed by atoms with Gasteiger partial charge in [0.05, 0.1) is 6.61 Å². The molecule has 1 aliphatic rings. The maximum Gasteiger partial charge on any atom is 0.188 e. The second-order valence-electron chi connectivity index (χ2n) is 2.14. The van der Waals surface area contributed by atoms with Crippen LogP contribution in [0.5, 0.6) is 0 Å². The molecule has 60 valence electrons. The largest absolute Gasteiger partial charge is 0.370 e. The maximum absolute atomic E-state index is 4.88. The first-order chi connectivity index (χ1) is 4.83. The Morgan fingerprint density at radius 2 is 2.40 bits per heavy atom. The Kier molecular flexibility index (Phi) is 3.08. The quantitative estimate of drug-likeness (QED) is 0.244. The molecule has 1 aliphatic heterocycles. The van der Waals surface area contributed by atoms with Crippen molar-refractivity contribution in [3.8, 4) is 0 Å². The van der Waals surface area contributed by atoms with Crippen molar-refractivity contribution in [2.24, 2.45) is 0 Å². The van der Waals surface area contributed by atoms with Crippen molar-refractivity contribution in [3.63, 3.8) is 0 Å². The zero-order valence-corrected chi connectivity index (χ0v) is 6.20. The zero-order valence-electron chi connectivity index (χ0n) is 6.20. The van der Waals surface area contributed by atoms with Gasteiger partial charge in [-0.15, -0.1) is 0 Å². The van der Waals surface area contributed by atoms with E-state index in [1.807, 2.05) is 0 Å². The lowest BCUT2D eigenvalue weighted by Crippen LogP contribution is -2.13. The molecule has 0 spiro atoms. The Bertz CT molecular complexity index is 91.7. The minimum Gasteiger partial charge on any atom is -0.370 e. The van der Waals surface area contributed by atoms with Gasteiger partial charge in [0.15, 0.2) is 6.29 Å². The second-order valence-corrected chi connectivity index (χ2v) is 2.14. The first kappa shape index (κ1) is 7.94. The number of hydrogen-bond acceptors (Lipinski definition) is 4. The van der Waals surface area contributed by atoms with Gasteiger partial charge in [0.25, 0.3) is 0 Å². The summed E-state index contributed by atoms with van der Waals surface area (Å²) < 4.78 is 9.64. The number of epoxide rings is 1. The third-order valence-corrected chi connectivity index (χ3v) is 1.19. The van der Waals surface area contributed by atoms with Crippen LogP contribution in [0.2, 0.25) is 0 Å². The molecule has 1 saturated heterocycles. The van der Waals surface area contributed by atoms with Gasteiger partial charge in [-0.3, -0.25) is 0 Å². The van der Waals surface area contributed by atoms with Gasteiger partial charge in [0, 0.05) is 7.11 Å². The van der Waals surface area contributed by atoms with Gasteiger partial charge >= 0.3 is 0 Å². The van der Waals surface area contributed by atoms with Crippen molar-refractivity contribution in [1.82, 2.24) is 0 Å². The Balaban J connectivity index is 1.83. The lowest BCUT2D eigenvalue weighted by atomic mass is 10.5. The van der Waals surface area contributed by atoms with Crippen molar-refractivity contribution in [2.75, 3.05) is 20.3 Å². The minimum absolute atomic E-state index is 0.240. The maximum atomic E-state index is 4.88. The van der Waals surface area contributed by atoms with E-state index in [2.05, 4.69) is 0 Å². The fourth-order valence-corrected chi connectivity index (χ4v) is 0.415. The summed E-state index contributed by atoms with van der Waals surface area (Å²) in [5.74, 6) is 0. The highest BCUT2D eigenvalue weighted by atomic mass is 17.2. The van der Waals surface area contributed by atoms with Crippen LogP contribution in [0.3, 0.4) is 0 Å². The van der Waals surface area contributed by atoms with E-state index < -0.39 is 0 Å². The number of hydrogen-bond donors (Lipinski definition) is 0. The fourth-order valence-electron chi connectivity index (χ4n) is 0.415. The molecule has 2 atom stereocenters. The van der Waals surface area contributed by atoms with E-state index in [4.69, 9.17) is 19.2 Å². The van der Waals surface area contributed by atoms with E-state index in [0.717, 1.165) is 6.61 Å². The van der Waals surface area contributed by atoms with Gasteiger partial charge in [0.2, 0.25) is 0 Å². The van der Waals surface area contributed by atoms with Gasteiger partial charge < -0.3 is 9.47 Å². The second kappa shape index (κ2) is 3.88. The first-order valence-corrected chi connectivity index (χ1v) is 3.25. The minimum atomic E-state index is -0.307. The average Bonchev–Trinajstić information content (AvgIpc) is 2.71. The fraction of sp³-hybridized carbons (Fsp3) is 1.00. The molecule has 0 aromatic heterocycles. The third kappa shape index (κ3) is 3.12. The van der Waals surface area contributed by atoms with Crippen LogP contribution in [0.1, 0.15) is 6.92 Å². The van der Waals surface area contributed by atoms with Crippen LogP contribution < -0.4 is 0 Å². The summed E-state index contributed by atoms with van der Waals surface area (Å²) in [5.41, 5.74) is 0. The van der Waals surface area contributed by atoms with E-state index in [-0.39, 0.29) is 12.4 Å². The molecule has 0 aliphatic carbocycles. The van der Waals surface area contributed by atoms with Gasteiger partial charge in [-0.2, -0.15) is 0 Å². The zero-order chi connectivity index (χ0) is 7.40. The SMILES string of the molecule is COC(C)OOCC1CO1. The molecule has 0 N–H and O–H groups in total. The van der Waals surface area contributed by atoms with Crippen LogP contribution in [-0.4, -0.2) is 32.7 Å². The Morgan fingerprint density at radius 3 is 2.90 bits per heavy atom. The van der Waals surface area contributed by atoms with E-state index in [9.17, 15) is 0 Å². The lowest BCUT2D eigenvalue weighted by molar-refractivity contribution is -0.370. The topological polar surface area (TPSA) is 40.2 Å². The Morgan fingerprint density at radius 1 is 1.70 bits per heavy atom. The van der Waals surface area contributed by atoms with E-state index in [1.54, 1.807) is 14.0 Å². The molecule has 0 aromatic carbocycles. The molecule has 0 amide bonds. The molecule has 1 rings (SSSR count). The summed E-state index contributed by atoms with van der Waals surface area (Å²) in [4.78, 5) is 9.50. The summed E-state index contributed by atoms with van der Waals surface area (Å²) in [7, 11) is 1.56. The highest BCUT2D eigenvalue weighted by Gasteiger charge is 2.23. The van der Waals surface area contributed by atoms with Crippen molar-refractivity contribution in [3.05, 3.63) is 0 Å². The van der Waals surface area contributed by atoms with Crippen LogP contribution in [0.25, 0.3) is 0 Å². The molecule has 4 heteroatoms. The molecule has 4 nitrogen and oxygen atoms in total. The van der Waals surface area contributed by atoms with Crippen molar-refractivity contribution < 1.29 is 19.2 Å². The normalized spacial score (nSPS) is 26.4. The molecule has 2 unspecified atom stereocenters. The molecule has 0 saturated carbocycles. The first-order valence-electron chi connectivity index (χ1n) is 3.25. The van der Waals surface area contributed by atoms with Crippen molar-refractivity contribution >= 4 is 0 Å². The van der Waals surface area contributed by atoms with Gasteiger partial charge in [-0.05, 0) is 6.92 Å². The standard InChI is InChI=1S/C6H12O4/c1-5(7-2)10-9-4-6-3-8-6/h5-6H,3-4H2,1-2H3. The van der Waals surface area contributed by atoms with Gasteiger partial charge in [-0.25, -0.2) is 9.78 Å². The number of rotatable bonds is 5. The predicted octanol–water partition coefficient (Wildman–Crippen LogP) is 0.326. The van der Waals surface area contributed by atoms with E-state index >= 15 is 0 Å². The monoisotopic (exact) mass is 148 g/mol. The average molecular weight is 148 g/mol. The summed E-state index contributed by atoms with van der Waals surface area (Å²) in [6.07, 6.45) is -0.0668. The summed E-state index contributed by atoms with van der Waals surface area (Å²) in [6.45, 7) is 3.03. The van der Waals surface area contributed by atoms with Crippen molar-refractivity contribution in [2.45, 2.75) is 19.3 Å². The summed E-state index contributed by atoms with van der Waals surface area (Å²) in [5, 5.41) is 0.